The number of thioether (sulfide) groups is 1. The smallest absolute Gasteiger partial charge is 0.255 e. The number of amides is 2. The van der Waals surface area contributed by atoms with E-state index >= 15 is 0 Å². The Labute approximate surface area is 172 Å². The van der Waals surface area contributed by atoms with Gasteiger partial charge in [-0.15, -0.1) is 11.8 Å². The Morgan fingerprint density at radius 3 is 2.50 bits per heavy atom. The lowest BCUT2D eigenvalue weighted by atomic mass is 10.2. The molecule has 3 rings (SSSR count). The van der Waals surface area contributed by atoms with Gasteiger partial charge in [-0.1, -0.05) is 17.7 Å². The van der Waals surface area contributed by atoms with Gasteiger partial charge in [0, 0.05) is 40.6 Å². The second-order valence-electron chi connectivity index (χ2n) is 6.00. The number of benzene rings is 2. The second kappa shape index (κ2) is 9.39. The van der Waals surface area contributed by atoms with Crippen LogP contribution in [0.5, 0.6) is 0 Å². The molecule has 0 aliphatic heterocycles. The van der Waals surface area contributed by atoms with E-state index in [1.165, 1.54) is 6.92 Å². The van der Waals surface area contributed by atoms with Crippen molar-refractivity contribution in [3.05, 3.63) is 83.1 Å². The van der Waals surface area contributed by atoms with Crippen LogP contribution in [-0.2, 0) is 10.5 Å². The van der Waals surface area contributed by atoms with Crippen LogP contribution in [0.4, 0.5) is 11.4 Å². The predicted molar refractivity (Wildman–Crippen MR) is 114 cm³/mol. The average Bonchev–Trinajstić information content (AvgIpc) is 2.69. The van der Waals surface area contributed by atoms with Gasteiger partial charge in [-0.2, -0.15) is 0 Å². The highest BCUT2D eigenvalue weighted by atomic mass is 35.5. The summed E-state index contributed by atoms with van der Waals surface area (Å²) in [4.78, 5) is 29.1. The van der Waals surface area contributed by atoms with Gasteiger partial charge in [-0.25, -0.2) is 0 Å². The third-order valence-electron chi connectivity index (χ3n) is 3.79. The monoisotopic (exact) mass is 411 g/mol. The molecule has 1 aromatic heterocycles. The lowest BCUT2D eigenvalue weighted by Crippen LogP contribution is -2.15. The molecule has 0 saturated carbocycles. The molecule has 0 saturated heterocycles. The maximum Gasteiger partial charge on any atom is 0.255 e. The zero-order chi connectivity index (χ0) is 19.9. The largest absolute Gasteiger partial charge is 0.325 e. The van der Waals surface area contributed by atoms with E-state index in [-0.39, 0.29) is 11.8 Å². The van der Waals surface area contributed by atoms with Gasteiger partial charge in [0.25, 0.3) is 5.91 Å². The van der Waals surface area contributed by atoms with Crippen molar-refractivity contribution in [1.29, 1.82) is 0 Å². The van der Waals surface area contributed by atoms with Gasteiger partial charge in [0.2, 0.25) is 5.91 Å². The number of nitrogens with one attached hydrogen (secondary N) is 2. The minimum Gasteiger partial charge on any atom is -0.325 e. The molecular formula is C21H18ClN3O2S. The number of nitrogens with zero attached hydrogens (tertiary/aromatic N) is 1. The fourth-order valence-electron chi connectivity index (χ4n) is 2.47. The van der Waals surface area contributed by atoms with E-state index in [9.17, 15) is 9.59 Å². The number of aromatic nitrogens is 1. The van der Waals surface area contributed by atoms with Crippen molar-refractivity contribution in [3.63, 3.8) is 0 Å². The standard InChI is InChI=1S/C21H18ClN3O2S/c1-14(26)24-19-9-6-17(22)11-20(19)25-21(27)16-4-7-18(8-5-16)28-13-15-3-2-10-23-12-15/h2-12H,13H2,1H3,(H,24,26)(H,25,27). The zero-order valence-corrected chi connectivity index (χ0v) is 16.7. The molecule has 0 fully saturated rings. The Balaban J connectivity index is 1.66. The molecule has 3 aromatic rings. The molecule has 0 bridgehead atoms. The maximum absolute atomic E-state index is 12.6. The quantitative estimate of drug-likeness (QED) is 0.544. The van der Waals surface area contributed by atoms with Gasteiger partial charge in [0.15, 0.2) is 0 Å². The van der Waals surface area contributed by atoms with E-state index in [4.69, 9.17) is 11.6 Å². The topological polar surface area (TPSA) is 71.1 Å². The Bertz CT molecular complexity index is 979. The van der Waals surface area contributed by atoms with Crippen LogP contribution in [0.2, 0.25) is 5.02 Å². The van der Waals surface area contributed by atoms with Gasteiger partial charge in [-0.3, -0.25) is 14.6 Å². The van der Waals surface area contributed by atoms with Crippen molar-refractivity contribution < 1.29 is 9.59 Å². The summed E-state index contributed by atoms with van der Waals surface area (Å²) in [6.07, 6.45) is 3.59. The second-order valence-corrected chi connectivity index (χ2v) is 7.48. The van der Waals surface area contributed by atoms with E-state index in [1.54, 1.807) is 48.3 Å². The van der Waals surface area contributed by atoms with Crippen LogP contribution in [0.15, 0.2) is 71.9 Å². The number of carbonyl (C=O) groups is 2. The summed E-state index contributed by atoms with van der Waals surface area (Å²) < 4.78 is 0. The summed E-state index contributed by atoms with van der Waals surface area (Å²) in [5, 5.41) is 5.94. The van der Waals surface area contributed by atoms with Gasteiger partial charge >= 0.3 is 0 Å². The minimum absolute atomic E-state index is 0.229. The highest BCUT2D eigenvalue weighted by Gasteiger charge is 2.11. The number of halogens is 1. The molecule has 0 atom stereocenters. The lowest BCUT2D eigenvalue weighted by molar-refractivity contribution is -0.114. The molecule has 0 unspecified atom stereocenters. The van der Waals surface area contributed by atoms with Crippen LogP contribution < -0.4 is 10.6 Å². The molecule has 7 heteroatoms. The summed E-state index contributed by atoms with van der Waals surface area (Å²) in [5.74, 6) is 0.299. The van der Waals surface area contributed by atoms with E-state index in [2.05, 4.69) is 15.6 Å². The highest BCUT2D eigenvalue weighted by molar-refractivity contribution is 7.98. The number of hydrogen-bond acceptors (Lipinski definition) is 4. The predicted octanol–water partition coefficient (Wildman–Crippen LogP) is 5.24. The first-order chi connectivity index (χ1) is 13.5. The van der Waals surface area contributed by atoms with Gasteiger partial charge < -0.3 is 10.6 Å². The molecule has 142 valence electrons. The van der Waals surface area contributed by atoms with E-state index < -0.39 is 0 Å². The SMILES string of the molecule is CC(=O)Nc1ccc(Cl)cc1NC(=O)c1ccc(SCc2cccnc2)cc1. The van der Waals surface area contributed by atoms with Crippen LogP contribution >= 0.6 is 23.4 Å². The summed E-state index contributed by atoms with van der Waals surface area (Å²) >= 11 is 7.69. The van der Waals surface area contributed by atoms with Crippen LogP contribution in [0.1, 0.15) is 22.8 Å². The van der Waals surface area contributed by atoms with Crippen molar-refractivity contribution in [2.75, 3.05) is 10.6 Å². The number of anilines is 2. The molecule has 1 heterocycles. The molecular weight excluding hydrogens is 394 g/mol. The van der Waals surface area contributed by atoms with Crippen molar-refractivity contribution in [2.24, 2.45) is 0 Å². The Morgan fingerprint density at radius 2 is 1.82 bits per heavy atom. The molecule has 0 radical (unpaired) electrons. The average molecular weight is 412 g/mol. The number of rotatable bonds is 6. The van der Waals surface area contributed by atoms with Crippen molar-refractivity contribution in [3.8, 4) is 0 Å². The normalized spacial score (nSPS) is 10.4. The Hall–Kier alpha value is -2.83. The van der Waals surface area contributed by atoms with Gasteiger partial charge in [0.1, 0.15) is 0 Å². The van der Waals surface area contributed by atoms with Crippen molar-refractivity contribution >= 4 is 46.6 Å². The van der Waals surface area contributed by atoms with E-state index in [0.717, 1.165) is 16.2 Å². The Kier molecular flexibility index (Phi) is 6.68. The number of carbonyl (C=O) groups excluding carboxylic acids is 2. The number of pyridine rings is 1. The third kappa shape index (κ3) is 5.58. The molecule has 2 aromatic carbocycles. The molecule has 5 nitrogen and oxygen atoms in total. The molecule has 28 heavy (non-hydrogen) atoms. The molecule has 2 amide bonds. The molecule has 2 N–H and O–H groups in total. The third-order valence-corrected chi connectivity index (χ3v) is 5.10. The maximum atomic E-state index is 12.6. The zero-order valence-electron chi connectivity index (χ0n) is 15.1. The van der Waals surface area contributed by atoms with Gasteiger partial charge in [-0.05, 0) is 54.1 Å². The molecule has 0 aliphatic carbocycles. The van der Waals surface area contributed by atoms with E-state index in [1.807, 2.05) is 30.5 Å². The van der Waals surface area contributed by atoms with Crippen LogP contribution in [0.3, 0.4) is 0 Å². The van der Waals surface area contributed by atoms with Crippen molar-refractivity contribution in [1.82, 2.24) is 4.98 Å². The fraction of sp³-hybridized carbons (Fsp3) is 0.0952. The summed E-state index contributed by atoms with van der Waals surface area (Å²) in [6.45, 7) is 1.40. The van der Waals surface area contributed by atoms with Crippen LogP contribution in [0, 0.1) is 0 Å². The van der Waals surface area contributed by atoms with Crippen LogP contribution in [0.25, 0.3) is 0 Å². The first-order valence-electron chi connectivity index (χ1n) is 8.51. The molecule has 0 spiro atoms. The minimum atomic E-state index is -0.280. The molecule has 0 aliphatic rings. The van der Waals surface area contributed by atoms with Gasteiger partial charge in [0.05, 0.1) is 11.4 Å². The van der Waals surface area contributed by atoms with Crippen LogP contribution in [-0.4, -0.2) is 16.8 Å². The first-order valence-corrected chi connectivity index (χ1v) is 9.88. The number of hydrogen-bond donors (Lipinski definition) is 2. The Morgan fingerprint density at radius 1 is 1.04 bits per heavy atom. The first kappa shape index (κ1) is 19.9. The van der Waals surface area contributed by atoms with Crippen molar-refractivity contribution in [2.45, 2.75) is 17.6 Å². The fourth-order valence-corrected chi connectivity index (χ4v) is 3.47. The van der Waals surface area contributed by atoms with E-state index in [0.29, 0.717) is 22.0 Å². The highest BCUT2D eigenvalue weighted by Crippen LogP contribution is 2.27. The lowest BCUT2D eigenvalue weighted by Gasteiger charge is -2.12. The summed E-state index contributed by atoms with van der Waals surface area (Å²) in [6, 6.07) is 16.2. The summed E-state index contributed by atoms with van der Waals surface area (Å²) in [7, 11) is 0. The summed E-state index contributed by atoms with van der Waals surface area (Å²) in [5.41, 5.74) is 2.59.